The second kappa shape index (κ2) is 11.9. The van der Waals surface area contributed by atoms with Crippen molar-refractivity contribution in [3.8, 4) is 27.4 Å². The molecule has 1 spiro atoms. The van der Waals surface area contributed by atoms with E-state index in [2.05, 4.69) is 55.1 Å². The lowest BCUT2D eigenvalue weighted by atomic mass is 9.66. The number of ether oxygens (including phenoxy) is 2. The van der Waals surface area contributed by atoms with Crippen molar-refractivity contribution in [1.29, 1.82) is 0 Å². The van der Waals surface area contributed by atoms with Gasteiger partial charge in [0.1, 0.15) is 16.4 Å². The first kappa shape index (κ1) is 30.1. The number of amides is 1. The van der Waals surface area contributed by atoms with E-state index in [0.717, 1.165) is 72.9 Å². The summed E-state index contributed by atoms with van der Waals surface area (Å²) in [6, 6.07) is 12.8. The molecule has 3 aromatic rings. The third-order valence-corrected chi connectivity index (χ3v) is 10.4. The molecule has 1 aromatic heterocycles. The monoisotopic (exact) mass is 603 g/mol. The van der Waals surface area contributed by atoms with E-state index >= 15 is 0 Å². The Morgan fingerprint density at radius 1 is 1.07 bits per heavy atom. The van der Waals surface area contributed by atoms with Gasteiger partial charge in [-0.1, -0.05) is 30.3 Å². The number of benzene rings is 2. The van der Waals surface area contributed by atoms with Crippen molar-refractivity contribution in [2.45, 2.75) is 85.0 Å². The van der Waals surface area contributed by atoms with Gasteiger partial charge in [0, 0.05) is 36.5 Å². The first-order valence-corrected chi connectivity index (χ1v) is 16.5. The molecule has 230 valence electrons. The van der Waals surface area contributed by atoms with Crippen molar-refractivity contribution in [3.63, 3.8) is 0 Å². The molecule has 2 fully saturated rings. The summed E-state index contributed by atoms with van der Waals surface area (Å²) in [7, 11) is 0. The van der Waals surface area contributed by atoms with Crippen molar-refractivity contribution in [2.75, 3.05) is 32.8 Å². The number of aliphatic hydroxyl groups is 1. The Bertz CT molecular complexity index is 1490. The summed E-state index contributed by atoms with van der Waals surface area (Å²) in [6.07, 6.45) is 4.61. The molecule has 43 heavy (non-hydrogen) atoms. The molecule has 7 nitrogen and oxygen atoms in total. The van der Waals surface area contributed by atoms with Gasteiger partial charge < -0.3 is 24.4 Å². The largest absolute Gasteiger partial charge is 0.493 e. The average molecular weight is 604 g/mol. The van der Waals surface area contributed by atoms with Crippen LogP contribution < -0.4 is 4.74 Å². The molecule has 0 atom stereocenters. The SMILES string of the molecule is Cc1c(OCCCN2CCC3(CC(O)C3)C2)cccc1-c1cccc(-c2nc3c(s2)CCN(C(=O)OC(C)(C)C)C3)c1C. The van der Waals surface area contributed by atoms with Gasteiger partial charge in [-0.25, -0.2) is 9.78 Å². The molecule has 2 aliphatic heterocycles. The number of aromatic nitrogens is 1. The van der Waals surface area contributed by atoms with Crippen LogP contribution >= 0.6 is 11.3 Å². The third kappa shape index (κ3) is 6.47. The summed E-state index contributed by atoms with van der Waals surface area (Å²) in [5.74, 6) is 0.939. The van der Waals surface area contributed by atoms with Gasteiger partial charge in [-0.3, -0.25) is 0 Å². The van der Waals surface area contributed by atoms with Crippen molar-refractivity contribution < 1.29 is 19.4 Å². The molecule has 0 bridgehead atoms. The molecule has 3 heterocycles. The predicted molar refractivity (Wildman–Crippen MR) is 172 cm³/mol. The summed E-state index contributed by atoms with van der Waals surface area (Å²) >= 11 is 1.74. The second-order valence-electron chi connectivity index (χ2n) is 13.7. The number of carbonyl (C=O) groups is 1. The average Bonchev–Trinajstić information content (AvgIpc) is 3.55. The zero-order valence-corrected chi connectivity index (χ0v) is 27.1. The van der Waals surface area contributed by atoms with Crippen molar-refractivity contribution in [3.05, 3.63) is 58.1 Å². The molecule has 1 aliphatic carbocycles. The fourth-order valence-corrected chi connectivity index (χ4v) is 8.12. The summed E-state index contributed by atoms with van der Waals surface area (Å²) in [4.78, 5) is 23.2. The first-order valence-electron chi connectivity index (χ1n) is 15.7. The maximum atomic E-state index is 12.7. The number of likely N-dealkylation sites (tertiary alicyclic amines) is 1. The minimum Gasteiger partial charge on any atom is -0.493 e. The van der Waals surface area contributed by atoms with E-state index in [1.165, 1.54) is 28.0 Å². The van der Waals surface area contributed by atoms with Crippen molar-refractivity contribution in [1.82, 2.24) is 14.8 Å². The zero-order chi connectivity index (χ0) is 30.4. The molecule has 0 unspecified atom stereocenters. The Labute approximate surface area is 259 Å². The van der Waals surface area contributed by atoms with Crippen LogP contribution in [0.2, 0.25) is 0 Å². The Kier molecular flexibility index (Phi) is 8.31. The third-order valence-electron chi connectivity index (χ3n) is 9.25. The van der Waals surface area contributed by atoms with E-state index in [0.29, 0.717) is 25.1 Å². The van der Waals surface area contributed by atoms with Crippen molar-refractivity contribution in [2.24, 2.45) is 5.41 Å². The first-order chi connectivity index (χ1) is 20.5. The number of rotatable bonds is 7. The standard InChI is InChI=1S/C35H45N3O4S/c1-23-26(9-6-11-28(23)32-36-29-21-38(16-13-31(29)43-32)33(40)42-34(3,4)5)27-10-7-12-30(24(27)2)41-18-8-15-37-17-14-35(22-37)19-25(39)20-35/h6-7,9-12,25,39H,8,13-22H2,1-5H3. The molecular formula is C35H45N3O4S. The maximum absolute atomic E-state index is 12.7. The minimum atomic E-state index is -0.513. The van der Waals surface area contributed by atoms with E-state index in [1.807, 2.05) is 20.8 Å². The highest BCUT2D eigenvalue weighted by Crippen LogP contribution is 2.48. The minimum absolute atomic E-state index is 0.0773. The fraction of sp³-hybridized carbons (Fsp3) is 0.543. The number of nitrogens with zero attached hydrogens (tertiary/aromatic N) is 3. The van der Waals surface area contributed by atoms with E-state index in [9.17, 15) is 9.90 Å². The normalized spacial score (nSPS) is 22.0. The highest BCUT2D eigenvalue weighted by molar-refractivity contribution is 7.15. The van der Waals surface area contributed by atoms with Gasteiger partial charge in [0.2, 0.25) is 0 Å². The lowest BCUT2D eigenvalue weighted by Gasteiger charge is -2.42. The Morgan fingerprint density at radius 3 is 2.53 bits per heavy atom. The molecule has 1 amide bonds. The maximum Gasteiger partial charge on any atom is 0.410 e. The molecule has 8 heteroatoms. The predicted octanol–water partition coefficient (Wildman–Crippen LogP) is 7.00. The molecule has 3 aliphatic rings. The summed E-state index contributed by atoms with van der Waals surface area (Å²) < 4.78 is 11.9. The highest BCUT2D eigenvalue weighted by Gasteiger charge is 2.47. The van der Waals surface area contributed by atoms with Gasteiger partial charge in [0.05, 0.1) is 24.9 Å². The summed E-state index contributed by atoms with van der Waals surface area (Å²) in [5, 5.41) is 10.8. The van der Waals surface area contributed by atoms with E-state index in [1.54, 1.807) is 16.2 Å². The second-order valence-corrected chi connectivity index (χ2v) is 14.8. The van der Waals surface area contributed by atoms with Gasteiger partial charge in [-0.05, 0) is 101 Å². The highest BCUT2D eigenvalue weighted by atomic mass is 32.1. The molecule has 1 N–H and O–H groups in total. The molecule has 0 radical (unpaired) electrons. The number of hydrogen-bond donors (Lipinski definition) is 1. The van der Waals surface area contributed by atoms with E-state index < -0.39 is 5.60 Å². The van der Waals surface area contributed by atoms with Crippen LogP contribution in [0.15, 0.2) is 36.4 Å². The Balaban J connectivity index is 1.12. The number of hydrogen-bond acceptors (Lipinski definition) is 7. The van der Waals surface area contributed by atoms with Crippen molar-refractivity contribution >= 4 is 17.4 Å². The van der Waals surface area contributed by atoms with Gasteiger partial charge in [0.25, 0.3) is 0 Å². The number of thiazole rings is 1. The van der Waals surface area contributed by atoms with Crippen LogP contribution in [0.1, 0.15) is 68.2 Å². The zero-order valence-electron chi connectivity index (χ0n) is 26.2. The number of carbonyl (C=O) groups excluding carboxylic acids is 1. The molecule has 1 saturated heterocycles. The van der Waals surface area contributed by atoms with Crippen LogP contribution in [0.5, 0.6) is 5.75 Å². The topological polar surface area (TPSA) is 75.1 Å². The summed E-state index contributed by atoms with van der Waals surface area (Å²) in [6.45, 7) is 15.2. The van der Waals surface area contributed by atoms with Crippen LogP contribution in [0.25, 0.3) is 21.7 Å². The van der Waals surface area contributed by atoms with Gasteiger partial charge >= 0.3 is 6.09 Å². The van der Waals surface area contributed by atoms with Gasteiger partial charge in [-0.2, -0.15) is 0 Å². The fourth-order valence-electron chi connectivity index (χ4n) is 6.98. The molecular weight excluding hydrogens is 558 g/mol. The van der Waals surface area contributed by atoms with Gasteiger partial charge in [-0.15, -0.1) is 11.3 Å². The van der Waals surface area contributed by atoms with Crippen LogP contribution in [-0.4, -0.2) is 70.5 Å². The molecule has 6 rings (SSSR count). The smallest absolute Gasteiger partial charge is 0.410 e. The molecule has 1 saturated carbocycles. The van der Waals surface area contributed by atoms with Crippen LogP contribution in [0.3, 0.4) is 0 Å². The Morgan fingerprint density at radius 2 is 1.79 bits per heavy atom. The molecule has 2 aromatic carbocycles. The van der Waals surface area contributed by atoms with Crippen LogP contribution in [0, 0.1) is 19.3 Å². The number of fused-ring (bicyclic) bond motifs is 1. The van der Waals surface area contributed by atoms with Crippen LogP contribution in [0.4, 0.5) is 4.79 Å². The summed E-state index contributed by atoms with van der Waals surface area (Å²) in [5.41, 5.74) is 6.70. The van der Waals surface area contributed by atoms with E-state index in [-0.39, 0.29) is 12.2 Å². The Hall–Kier alpha value is -2.94. The number of aliphatic hydroxyl groups excluding tert-OH is 1. The lowest BCUT2D eigenvalue weighted by molar-refractivity contribution is -0.0252. The lowest BCUT2D eigenvalue weighted by Crippen LogP contribution is -2.43. The van der Waals surface area contributed by atoms with Crippen LogP contribution in [-0.2, 0) is 17.7 Å². The van der Waals surface area contributed by atoms with Gasteiger partial charge in [0.15, 0.2) is 0 Å². The quantitative estimate of drug-likeness (QED) is 0.293. The van der Waals surface area contributed by atoms with E-state index in [4.69, 9.17) is 14.5 Å².